The predicted molar refractivity (Wildman–Crippen MR) is 95.7 cm³/mol. The van der Waals surface area contributed by atoms with E-state index in [-0.39, 0.29) is 5.91 Å². The largest absolute Gasteiger partial charge is 0.345 e. The van der Waals surface area contributed by atoms with Crippen molar-refractivity contribution < 1.29 is 4.79 Å². The number of nitrogens with zero attached hydrogens (tertiary/aromatic N) is 2. The molecule has 1 aromatic carbocycles. The molecule has 3 rings (SSSR count). The van der Waals surface area contributed by atoms with Gasteiger partial charge in [-0.2, -0.15) is 0 Å². The lowest BCUT2D eigenvalue weighted by atomic mass is 10.2. The Morgan fingerprint density at radius 1 is 1.18 bits per heavy atom. The number of pyridine rings is 1. The Balaban J connectivity index is 1.67. The van der Waals surface area contributed by atoms with Crippen molar-refractivity contribution in [1.29, 1.82) is 0 Å². The lowest BCUT2D eigenvalue weighted by Crippen LogP contribution is -2.23. The molecule has 110 valence electrons. The van der Waals surface area contributed by atoms with Gasteiger partial charge in [-0.1, -0.05) is 30.3 Å². The summed E-state index contributed by atoms with van der Waals surface area (Å²) in [5, 5.41) is 5.77. The lowest BCUT2D eigenvalue weighted by Gasteiger charge is -2.04. The zero-order valence-corrected chi connectivity index (χ0v) is 14.5. The Morgan fingerprint density at radius 3 is 2.77 bits per heavy atom. The Morgan fingerprint density at radius 2 is 2.00 bits per heavy atom. The van der Waals surface area contributed by atoms with Gasteiger partial charge < -0.3 is 5.32 Å². The van der Waals surface area contributed by atoms with E-state index in [4.69, 9.17) is 0 Å². The van der Waals surface area contributed by atoms with Crippen molar-refractivity contribution in [2.45, 2.75) is 6.54 Å². The summed E-state index contributed by atoms with van der Waals surface area (Å²) in [5.41, 5.74) is 2.60. The number of carbonyl (C=O) groups excluding carboxylic acids is 1. The number of hydrogen-bond donors (Lipinski definition) is 1. The highest BCUT2D eigenvalue weighted by Gasteiger charge is 2.11. The Labute approximate surface area is 145 Å². The average Bonchev–Trinajstić information content (AvgIpc) is 3.03. The van der Waals surface area contributed by atoms with Gasteiger partial charge in [0.2, 0.25) is 0 Å². The Kier molecular flexibility index (Phi) is 4.79. The first-order chi connectivity index (χ1) is 10.7. The number of amides is 1. The highest BCUT2D eigenvalue weighted by Crippen LogP contribution is 2.21. The first-order valence-corrected chi connectivity index (χ1v) is 8.58. The molecule has 0 radical (unpaired) electrons. The molecular weight excluding hydrogens is 409 g/mol. The maximum absolute atomic E-state index is 12.1. The average molecular weight is 421 g/mol. The van der Waals surface area contributed by atoms with Gasteiger partial charge in [-0.25, -0.2) is 9.97 Å². The van der Waals surface area contributed by atoms with Gasteiger partial charge in [-0.3, -0.25) is 4.79 Å². The molecule has 2 aromatic heterocycles. The number of halogens is 1. The van der Waals surface area contributed by atoms with E-state index in [1.54, 1.807) is 29.7 Å². The molecule has 4 nitrogen and oxygen atoms in total. The minimum absolute atomic E-state index is 0.131. The third-order valence-corrected chi connectivity index (χ3v) is 4.73. The van der Waals surface area contributed by atoms with Crippen molar-refractivity contribution in [3.63, 3.8) is 0 Å². The Bertz CT molecular complexity index is 789. The number of hydrogen-bond acceptors (Lipinski definition) is 4. The molecule has 0 saturated heterocycles. The third kappa shape index (κ3) is 3.50. The second kappa shape index (κ2) is 6.97. The topological polar surface area (TPSA) is 54.9 Å². The van der Waals surface area contributed by atoms with Gasteiger partial charge in [0.15, 0.2) is 0 Å². The fourth-order valence-electron chi connectivity index (χ4n) is 1.94. The van der Waals surface area contributed by atoms with Crippen LogP contribution in [0.25, 0.3) is 11.3 Å². The molecule has 22 heavy (non-hydrogen) atoms. The molecule has 1 N–H and O–H groups in total. The second-order valence-electron chi connectivity index (χ2n) is 4.52. The molecule has 0 atom stereocenters. The molecule has 0 spiro atoms. The van der Waals surface area contributed by atoms with Gasteiger partial charge >= 0.3 is 0 Å². The standard InChI is InChI=1S/C16H12IN3OS/c17-15-12(7-4-8-18-15)16(21)19-9-14-20-13(10-22-14)11-5-2-1-3-6-11/h1-8,10H,9H2,(H,19,21). The molecule has 0 aliphatic heterocycles. The van der Waals surface area contributed by atoms with Crippen molar-refractivity contribution in [3.05, 3.63) is 68.3 Å². The van der Waals surface area contributed by atoms with E-state index in [1.807, 2.05) is 35.7 Å². The Hall–Kier alpha value is -1.80. The number of nitrogens with one attached hydrogen (secondary N) is 1. The zero-order chi connectivity index (χ0) is 15.4. The van der Waals surface area contributed by atoms with Crippen LogP contribution < -0.4 is 5.32 Å². The van der Waals surface area contributed by atoms with E-state index in [2.05, 4.69) is 37.9 Å². The number of carbonyl (C=O) groups is 1. The fraction of sp³-hybridized carbons (Fsp3) is 0.0625. The van der Waals surface area contributed by atoms with Crippen LogP contribution in [0.1, 0.15) is 15.4 Å². The highest BCUT2D eigenvalue weighted by atomic mass is 127. The van der Waals surface area contributed by atoms with Crippen molar-refractivity contribution in [2.24, 2.45) is 0 Å². The fourth-order valence-corrected chi connectivity index (χ4v) is 3.27. The second-order valence-corrected chi connectivity index (χ2v) is 6.48. The van der Waals surface area contributed by atoms with Crippen LogP contribution in [-0.4, -0.2) is 15.9 Å². The van der Waals surface area contributed by atoms with E-state index in [0.29, 0.717) is 15.8 Å². The molecule has 3 aromatic rings. The minimum Gasteiger partial charge on any atom is -0.345 e. The summed E-state index contributed by atoms with van der Waals surface area (Å²) in [5.74, 6) is -0.131. The van der Waals surface area contributed by atoms with Crippen molar-refractivity contribution in [1.82, 2.24) is 15.3 Å². The van der Waals surface area contributed by atoms with Gasteiger partial charge in [0.1, 0.15) is 8.71 Å². The number of benzene rings is 1. The molecule has 0 fully saturated rings. The summed E-state index contributed by atoms with van der Waals surface area (Å²) in [6.45, 7) is 0.418. The van der Waals surface area contributed by atoms with Crippen LogP contribution >= 0.6 is 33.9 Å². The molecule has 0 bridgehead atoms. The summed E-state index contributed by atoms with van der Waals surface area (Å²) in [4.78, 5) is 20.8. The van der Waals surface area contributed by atoms with E-state index < -0.39 is 0 Å². The zero-order valence-electron chi connectivity index (χ0n) is 11.5. The SMILES string of the molecule is O=C(NCc1nc(-c2ccccc2)cs1)c1cccnc1I. The summed E-state index contributed by atoms with van der Waals surface area (Å²) in [7, 11) is 0. The van der Waals surface area contributed by atoms with Gasteiger partial charge in [-0.05, 0) is 34.7 Å². The lowest BCUT2D eigenvalue weighted by molar-refractivity contribution is 0.0949. The summed E-state index contributed by atoms with van der Waals surface area (Å²) < 4.78 is 0.696. The van der Waals surface area contributed by atoms with Gasteiger partial charge in [0.25, 0.3) is 5.91 Å². The van der Waals surface area contributed by atoms with E-state index >= 15 is 0 Å². The van der Waals surface area contributed by atoms with Crippen molar-refractivity contribution in [2.75, 3.05) is 0 Å². The molecule has 1 amide bonds. The predicted octanol–water partition coefficient (Wildman–Crippen LogP) is 3.74. The monoisotopic (exact) mass is 421 g/mol. The smallest absolute Gasteiger partial charge is 0.254 e. The van der Waals surface area contributed by atoms with Gasteiger partial charge in [0.05, 0.1) is 17.8 Å². The molecule has 0 unspecified atom stereocenters. The molecule has 2 heterocycles. The quantitative estimate of drug-likeness (QED) is 0.516. The number of aromatic nitrogens is 2. The summed E-state index contributed by atoms with van der Waals surface area (Å²) >= 11 is 3.60. The molecular formula is C16H12IN3OS. The van der Waals surface area contributed by atoms with Crippen LogP contribution in [0.2, 0.25) is 0 Å². The van der Waals surface area contributed by atoms with Crippen LogP contribution in [0.3, 0.4) is 0 Å². The van der Waals surface area contributed by atoms with Gasteiger partial charge in [0, 0.05) is 17.1 Å². The first-order valence-electron chi connectivity index (χ1n) is 6.62. The van der Waals surface area contributed by atoms with Crippen LogP contribution in [0.15, 0.2) is 54.0 Å². The van der Waals surface area contributed by atoms with Crippen molar-refractivity contribution in [3.8, 4) is 11.3 Å². The van der Waals surface area contributed by atoms with E-state index in [0.717, 1.165) is 16.3 Å². The van der Waals surface area contributed by atoms with E-state index in [9.17, 15) is 4.79 Å². The molecule has 0 saturated carbocycles. The first kappa shape index (κ1) is 15.1. The normalized spacial score (nSPS) is 10.4. The maximum atomic E-state index is 12.1. The number of thiazole rings is 1. The summed E-state index contributed by atoms with van der Waals surface area (Å²) in [6, 6.07) is 13.5. The van der Waals surface area contributed by atoms with Crippen LogP contribution in [0.4, 0.5) is 0 Å². The molecule has 0 aliphatic carbocycles. The third-order valence-electron chi connectivity index (χ3n) is 3.03. The minimum atomic E-state index is -0.131. The van der Waals surface area contributed by atoms with Crippen molar-refractivity contribution >= 4 is 39.8 Å². The van der Waals surface area contributed by atoms with Crippen LogP contribution in [0, 0.1) is 3.70 Å². The molecule has 6 heteroatoms. The van der Waals surface area contributed by atoms with E-state index in [1.165, 1.54) is 0 Å². The summed E-state index contributed by atoms with van der Waals surface area (Å²) in [6.07, 6.45) is 1.67. The van der Waals surface area contributed by atoms with Crippen LogP contribution in [0.5, 0.6) is 0 Å². The molecule has 0 aliphatic rings. The highest BCUT2D eigenvalue weighted by molar-refractivity contribution is 14.1. The maximum Gasteiger partial charge on any atom is 0.254 e. The van der Waals surface area contributed by atoms with Crippen LogP contribution in [-0.2, 0) is 6.54 Å². The van der Waals surface area contributed by atoms with Gasteiger partial charge in [-0.15, -0.1) is 11.3 Å². The number of rotatable bonds is 4.